The summed E-state index contributed by atoms with van der Waals surface area (Å²) in [5.41, 5.74) is 0.144. The minimum absolute atomic E-state index is 0.0729. The van der Waals surface area contributed by atoms with E-state index in [1.807, 2.05) is 32.0 Å². The average molecular weight is 332 g/mol. The van der Waals surface area contributed by atoms with Gasteiger partial charge in [0.2, 0.25) is 11.8 Å². The normalized spacial score (nSPS) is 20.7. The zero-order valence-corrected chi connectivity index (χ0v) is 14.4. The Kier molecular flexibility index (Phi) is 4.39. The van der Waals surface area contributed by atoms with Crippen molar-refractivity contribution in [2.24, 2.45) is 0 Å². The van der Waals surface area contributed by atoms with E-state index in [9.17, 15) is 9.59 Å². The number of ether oxygens (including phenoxy) is 2. The van der Waals surface area contributed by atoms with Crippen LogP contribution in [0.4, 0.5) is 0 Å². The van der Waals surface area contributed by atoms with E-state index in [1.54, 1.807) is 11.9 Å². The topological polar surface area (TPSA) is 67.9 Å². The SMILES string of the molecule is CN1CCC(NC(=O)C(C)(C)c2ccc3c(c2)OCCO3)CC1=O. The van der Waals surface area contributed by atoms with Gasteiger partial charge in [-0.1, -0.05) is 6.07 Å². The minimum atomic E-state index is -0.720. The number of hydrogen-bond donors (Lipinski definition) is 1. The number of hydrogen-bond acceptors (Lipinski definition) is 4. The van der Waals surface area contributed by atoms with E-state index in [0.717, 1.165) is 12.0 Å². The van der Waals surface area contributed by atoms with Gasteiger partial charge in [-0.2, -0.15) is 0 Å². The van der Waals surface area contributed by atoms with Gasteiger partial charge in [0.15, 0.2) is 11.5 Å². The summed E-state index contributed by atoms with van der Waals surface area (Å²) < 4.78 is 11.1. The number of rotatable bonds is 3. The Morgan fingerprint density at radius 3 is 2.67 bits per heavy atom. The lowest BCUT2D eigenvalue weighted by Gasteiger charge is -2.32. The largest absolute Gasteiger partial charge is 0.486 e. The average Bonchev–Trinajstić information content (AvgIpc) is 2.57. The monoisotopic (exact) mass is 332 g/mol. The molecule has 0 saturated carbocycles. The fourth-order valence-electron chi connectivity index (χ4n) is 3.00. The molecular weight excluding hydrogens is 308 g/mol. The first kappa shape index (κ1) is 16.6. The van der Waals surface area contributed by atoms with Crippen LogP contribution in [-0.4, -0.2) is 49.6 Å². The molecule has 2 aliphatic rings. The highest BCUT2D eigenvalue weighted by molar-refractivity contribution is 5.88. The summed E-state index contributed by atoms with van der Waals surface area (Å²) >= 11 is 0. The molecule has 0 aromatic heterocycles. The van der Waals surface area contributed by atoms with Crippen LogP contribution in [0.3, 0.4) is 0 Å². The lowest BCUT2D eigenvalue weighted by Crippen LogP contribution is -2.50. The highest BCUT2D eigenvalue weighted by Gasteiger charge is 2.34. The number of carbonyl (C=O) groups excluding carboxylic acids is 2. The zero-order valence-electron chi connectivity index (χ0n) is 14.4. The summed E-state index contributed by atoms with van der Waals surface area (Å²) in [4.78, 5) is 26.3. The summed E-state index contributed by atoms with van der Waals surface area (Å²) in [6.07, 6.45) is 1.14. The molecule has 0 aliphatic carbocycles. The van der Waals surface area contributed by atoms with Crippen molar-refractivity contribution in [1.29, 1.82) is 0 Å². The molecule has 0 radical (unpaired) electrons. The van der Waals surface area contributed by atoms with Crippen LogP contribution in [-0.2, 0) is 15.0 Å². The van der Waals surface area contributed by atoms with Crippen LogP contribution in [0.1, 0.15) is 32.3 Å². The van der Waals surface area contributed by atoms with Crippen LogP contribution in [0.2, 0.25) is 0 Å². The van der Waals surface area contributed by atoms with Crippen LogP contribution >= 0.6 is 0 Å². The van der Waals surface area contributed by atoms with E-state index in [-0.39, 0.29) is 17.9 Å². The lowest BCUT2D eigenvalue weighted by molar-refractivity contribution is -0.133. The predicted octanol–water partition coefficient (Wildman–Crippen LogP) is 1.47. The van der Waals surface area contributed by atoms with Gasteiger partial charge in [0.05, 0.1) is 5.41 Å². The second kappa shape index (κ2) is 6.34. The van der Waals surface area contributed by atoms with E-state index < -0.39 is 5.41 Å². The Labute approximate surface area is 142 Å². The molecule has 6 heteroatoms. The number of amides is 2. The molecule has 2 aliphatic heterocycles. The summed E-state index contributed by atoms with van der Waals surface area (Å²) in [5.74, 6) is 1.38. The number of nitrogens with zero attached hydrogens (tertiary/aromatic N) is 1. The number of carbonyl (C=O) groups is 2. The lowest BCUT2D eigenvalue weighted by atomic mass is 9.83. The Hall–Kier alpha value is -2.24. The molecule has 0 bridgehead atoms. The molecule has 6 nitrogen and oxygen atoms in total. The van der Waals surface area contributed by atoms with Crippen molar-refractivity contribution >= 4 is 11.8 Å². The van der Waals surface area contributed by atoms with Gasteiger partial charge < -0.3 is 19.7 Å². The van der Waals surface area contributed by atoms with Gasteiger partial charge in [0.1, 0.15) is 13.2 Å². The van der Waals surface area contributed by atoms with Crippen molar-refractivity contribution in [2.75, 3.05) is 26.8 Å². The Morgan fingerprint density at radius 2 is 1.96 bits per heavy atom. The van der Waals surface area contributed by atoms with Crippen molar-refractivity contribution in [3.63, 3.8) is 0 Å². The maximum atomic E-state index is 12.8. The van der Waals surface area contributed by atoms with Gasteiger partial charge in [-0.05, 0) is 38.0 Å². The van der Waals surface area contributed by atoms with Crippen molar-refractivity contribution in [3.8, 4) is 11.5 Å². The van der Waals surface area contributed by atoms with Crippen LogP contribution < -0.4 is 14.8 Å². The Bertz CT molecular complexity index is 656. The highest BCUT2D eigenvalue weighted by Crippen LogP contribution is 2.35. The quantitative estimate of drug-likeness (QED) is 0.910. The molecule has 0 spiro atoms. The second-order valence-electron chi connectivity index (χ2n) is 6.96. The smallest absolute Gasteiger partial charge is 0.230 e. The highest BCUT2D eigenvalue weighted by atomic mass is 16.6. The molecule has 1 aromatic rings. The molecule has 1 fully saturated rings. The van der Waals surface area contributed by atoms with E-state index in [4.69, 9.17) is 9.47 Å². The number of fused-ring (bicyclic) bond motifs is 1. The molecule has 1 N–H and O–H groups in total. The molecule has 1 saturated heterocycles. The van der Waals surface area contributed by atoms with Gasteiger partial charge in [-0.25, -0.2) is 0 Å². The maximum absolute atomic E-state index is 12.8. The van der Waals surface area contributed by atoms with Crippen molar-refractivity contribution < 1.29 is 19.1 Å². The molecule has 24 heavy (non-hydrogen) atoms. The van der Waals surface area contributed by atoms with E-state index in [2.05, 4.69) is 5.32 Å². The fourth-order valence-corrected chi connectivity index (χ4v) is 3.00. The van der Waals surface area contributed by atoms with Crippen molar-refractivity contribution in [2.45, 2.75) is 38.1 Å². The summed E-state index contributed by atoms with van der Waals surface area (Å²) in [7, 11) is 1.79. The van der Waals surface area contributed by atoms with Gasteiger partial charge in [0, 0.05) is 26.1 Å². The molecule has 1 atom stereocenters. The van der Waals surface area contributed by atoms with Gasteiger partial charge in [0.25, 0.3) is 0 Å². The van der Waals surface area contributed by atoms with Crippen LogP contribution in [0, 0.1) is 0 Å². The first-order valence-electron chi connectivity index (χ1n) is 8.33. The van der Waals surface area contributed by atoms with Gasteiger partial charge in [-0.3, -0.25) is 9.59 Å². The minimum Gasteiger partial charge on any atom is -0.486 e. The number of nitrogens with one attached hydrogen (secondary N) is 1. The van der Waals surface area contributed by atoms with Crippen LogP contribution in [0.25, 0.3) is 0 Å². The first-order chi connectivity index (χ1) is 11.4. The standard InChI is InChI=1S/C18H24N2O4/c1-18(2,12-4-5-14-15(10-12)24-9-8-23-14)17(22)19-13-6-7-20(3)16(21)11-13/h4-5,10,13H,6-9,11H2,1-3H3,(H,19,22). The third-order valence-corrected chi connectivity index (χ3v) is 4.83. The van der Waals surface area contributed by atoms with Crippen molar-refractivity contribution in [1.82, 2.24) is 10.2 Å². The van der Waals surface area contributed by atoms with E-state index in [0.29, 0.717) is 37.7 Å². The fraction of sp³-hybridized carbons (Fsp3) is 0.556. The van der Waals surface area contributed by atoms with Gasteiger partial charge >= 0.3 is 0 Å². The Balaban J connectivity index is 1.72. The summed E-state index contributed by atoms with van der Waals surface area (Å²) in [6, 6.07) is 5.51. The molecule has 2 amide bonds. The third-order valence-electron chi connectivity index (χ3n) is 4.83. The molecular formula is C18H24N2O4. The molecule has 2 heterocycles. The van der Waals surface area contributed by atoms with Crippen LogP contribution in [0.5, 0.6) is 11.5 Å². The van der Waals surface area contributed by atoms with Crippen LogP contribution in [0.15, 0.2) is 18.2 Å². The van der Waals surface area contributed by atoms with Gasteiger partial charge in [-0.15, -0.1) is 0 Å². The number of benzene rings is 1. The Morgan fingerprint density at radius 1 is 1.25 bits per heavy atom. The predicted molar refractivity (Wildman–Crippen MR) is 89.3 cm³/mol. The van der Waals surface area contributed by atoms with Crippen molar-refractivity contribution in [3.05, 3.63) is 23.8 Å². The maximum Gasteiger partial charge on any atom is 0.230 e. The molecule has 1 unspecified atom stereocenters. The number of piperidine rings is 1. The summed E-state index contributed by atoms with van der Waals surface area (Å²) in [6.45, 7) is 5.49. The first-order valence-corrected chi connectivity index (χ1v) is 8.33. The molecule has 1 aromatic carbocycles. The zero-order chi connectivity index (χ0) is 17.3. The second-order valence-corrected chi connectivity index (χ2v) is 6.96. The van der Waals surface area contributed by atoms with E-state index >= 15 is 0 Å². The molecule has 130 valence electrons. The number of likely N-dealkylation sites (tertiary alicyclic amines) is 1. The third kappa shape index (κ3) is 3.18. The van der Waals surface area contributed by atoms with E-state index in [1.165, 1.54) is 0 Å². The summed E-state index contributed by atoms with van der Waals surface area (Å²) in [5, 5.41) is 3.03. The molecule has 3 rings (SSSR count).